The first-order valence-corrected chi connectivity index (χ1v) is 14.0. The van der Waals surface area contributed by atoms with Crippen molar-refractivity contribution >= 4 is 27.0 Å². The fraction of sp³-hybridized carbons (Fsp3) is 0.269. The van der Waals surface area contributed by atoms with Gasteiger partial charge in [-0.2, -0.15) is 4.31 Å². The van der Waals surface area contributed by atoms with Crippen molar-refractivity contribution in [2.24, 2.45) is 4.99 Å². The molecule has 1 saturated heterocycles. The summed E-state index contributed by atoms with van der Waals surface area (Å²) in [5.74, 6) is 1.62. The average Bonchev–Trinajstić information content (AvgIpc) is 3.65. The first-order valence-electron chi connectivity index (χ1n) is 11.6. The number of sulfonamides is 1. The van der Waals surface area contributed by atoms with Crippen molar-refractivity contribution in [3.8, 4) is 17.0 Å². The Labute approximate surface area is 209 Å². The molecule has 1 aliphatic heterocycles. The van der Waals surface area contributed by atoms with Gasteiger partial charge < -0.3 is 13.7 Å². The minimum Gasteiger partial charge on any atom is -0.494 e. The predicted octanol–water partition coefficient (Wildman–Crippen LogP) is 5.27. The van der Waals surface area contributed by atoms with Crippen LogP contribution in [0, 0.1) is 0 Å². The van der Waals surface area contributed by atoms with Crippen LogP contribution in [0.15, 0.2) is 86.6 Å². The summed E-state index contributed by atoms with van der Waals surface area (Å²) >= 11 is 1.53. The maximum atomic E-state index is 12.9. The second-order valence-electron chi connectivity index (χ2n) is 8.24. The van der Waals surface area contributed by atoms with Crippen LogP contribution >= 0.6 is 11.3 Å². The van der Waals surface area contributed by atoms with E-state index in [4.69, 9.17) is 14.1 Å². The number of thiazole rings is 1. The number of hydrogen-bond donors (Lipinski definition) is 0. The van der Waals surface area contributed by atoms with Crippen LogP contribution in [0.4, 0.5) is 5.69 Å². The van der Waals surface area contributed by atoms with Crippen molar-refractivity contribution in [3.05, 3.63) is 82.9 Å². The largest absolute Gasteiger partial charge is 0.494 e. The van der Waals surface area contributed by atoms with Gasteiger partial charge in [-0.3, -0.25) is 0 Å². The highest BCUT2D eigenvalue weighted by atomic mass is 32.2. The summed E-state index contributed by atoms with van der Waals surface area (Å²) in [5.41, 5.74) is 2.68. The average molecular weight is 510 g/mol. The van der Waals surface area contributed by atoms with Crippen LogP contribution in [0.2, 0.25) is 0 Å². The molecule has 4 aromatic rings. The van der Waals surface area contributed by atoms with Crippen LogP contribution in [0.5, 0.6) is 5.75 Å². The van der Waals surface area contributed by atoms with Crippen molar-refractivity contribution in [3.63, 3.8) is 0 Å². The molecule has 35 heavy (non-hydrogen) atoms. The second-order valence-corrected chi connectivity index (χ2v) is 11.0. The topological polar surface area (TPSA) is 77.0 Å². The molecule has 0 amide bonds. The van der Waals surface area contributed by atoms with Gasteiger partial charge in [-0.25, -0.2) is 13.4 Å². The van der Waals surface area contributed by atoms with Gasteiger partial charge in [-0.15, -0.1) is 11.3 Å². The van der Waals surface area contributed by atoms with E-state index in [-0.39, 0.29) is 0 Å². The lowest BCUT2D eigenvalue weighted by atomic mass is 10.2. The highest BCUT2D eigenvalue weighted by Gasteiger charge is 2.27. The highest BCUT2D eigenvalue weighted by molar-refractivity contribution is 7.89. The van der Waals surface area contributed by atoms with Gasteiger partial charge in [-0.05, 0) is 73.9 Å². The maximum absolute atomic E-state index is 12.9. The number of hydrogen-bond acceptors (Lipinski definition) is 6. The number of aromatic nitrogens is 1. The molecule has 2 aromatic carbocycles. The number of rotatable bonds is 8. The van der Waals surface area contributed by atoms with Crippen LogP contribution in [0.3, 0.4) is 0 Å². The van der Waals surface area contributed by atoms with Crippen molar-refractivity contribution < 1.29 is 17.6 Å². The first-order chi connectivity index (χ1) is 17.0. The summed E-state index contributed by atoms with van der Waals surface area (Å²) in [5, 5.41) is 2.04. The van der Waals surface area contributed by atoms with Gasteiger partial charge in [-0.1, -0.05) is 12.1 Å². The molecule has 0 radical (unpaired) electrons. The summed E-state index contributed by atoms with van der Waals surface area (Å²) in [4.78, 5) is 6.00. The molecule has 1 aliphatic rings. The fourth-order valence-electron chi connectivity index (χ4n) is 4.13. The molecular formula is C26H27N3O4S2. The molecule has 0 bridgehead atoms. The van der Waals surface area contributed by atoms with Gasteiger partial charge in [0.25, 0.3) is 0 Å². The molecular weight excluding hydrogens is 482 g/mol. The summed E-state index contributed by atoms with van der Waals surface area (Å²) < 4.78 is 40.6. The maximum Gasteiger partial charge on any atom is 0.243 e. The van der Waals surface area contributed by atoms with E-state index in [1.165, 1.54) is 11.3 Å². The summed E-state index contributed by atoms with van der Waals surface area (Å²) in [7, 11) is -3.45. The Bertz CT molecular complexity index is 1430. The summed E-state index contributed by atoms with van der Waals surface area (Å²) in [6, 6.07) is 18.6. The molecule has 0 saturated carbocycles. The smallest absolute Gasteiger partial charge is 0.243 e. The molecule has 3 heterocycles. The number of nitrogens with zero attached hydrogens (tertiary/aromatic N) is 3. The number of benzene rings is 2. The predicted molar refractivity (Wildman–Crippen MR) is 136 cm³/mol. The zero-order valence-corrected chi connectivity index (χ0v) is 21.1. The zero-order chi connectivity index (χ0) is 24.3. The molecule has 182 valence electrons. The SMILES string of the molecule is CCOc1ccc(N=c2scc(-c3ccc(S(=O)(=O)N4CCCC4)cc3)n2Cc2ccco2)cc1. The van der Waals surface area contributed by atoms with Gasteiger partial charge >= 0.3 is 0 Å². The minimum atomic E-state index is -3.45. The first kappa shape index (κ1) is 23.6. The quantitative estimate of drug-likeness (QED) is 0.324. The van der Waals surface area contributed by atoms with E-state index in [9.17, 15) is 8.42 Å². The Morgan fingerprint density at radius 3 is 2.43 bits per heavy atom. The Hall–Kier alpha value is -3.14. The lowest BCUT2D eigenvalue weighted by Crippen LogP contribution is -2.27. The van der Waals surface area contributed by atoms with E-state index in [2.05, 4.69) is 4.57 Å². The minimum absolute atomic E-state index is 0.329. The van der Waals surface area contributed by atoms with Crippen LogP contribution in [0.1, 0.15) is 25.5 Å². The van der Waals surface area contributed by atoms with Crippen molar-refractivity contribution in [2.75, 3.05) is 19.7 Å². The third-order valence-electron chi connectivity index (χ3n) is 5.92. The van der Waals surface area contributed by atoms with Crippen molar-refractivity contribution in [1.82, 2.24) is 8.87 Å². The fourth-order valence-corrected chi connectivity index (χ4v) is 6.58. The van der Waals surface area contributed by atoms with E-state index in [0.29, 0.717) is 31.1 Å². The van der Waals surface area contributed by atoms with Gasteiger partial charge in [0, 0.05) is 18.5 Å². The molecule has 5 rings (SSSR count). The molecule has 0 spiro atoms. The Kier molecular flexibility index (Phi) is 6.90. The third-order valence-corrected chi connectivity index (χ3v) is 8.69. The lowest BCUT2D eigenvalue weighted by molar-refractivity contribution is 0.340. The highest BCUT2D eigenvalue weighted by Crippen LogP contribution is 2.26. The summed E-state index contributed by atoms with van der Waals surface area (Å²) in [6.07, 6.45) is 3.49. The van der Waals surface area contributed by atoms with Gasteiger partial charge in [0.15, 0.2) is 4.80 Å². The Morgan fingerprint density at radius 1 is 1.03 bits per heavy atom. The van der Waals surface area contributed by atoms with Crippen LogP contribution in [-0.2, 0) is 16.6 Å². The monoisotopic (exact) mass is 509 g/mol. The molecule has 1 fully saturated rings. The van der Waals surface area contributed by atoms with Crippen LogP contribution in [-0.4, -0.2) is 37.0 Å². The van der Waals surface area contributed by atoms with Crippen molar-refractivity contribution in [1.29, 1.82) is 0 Å². The zero-order valence-electron chi connectivity index (χ0n) is 19.5. The van der Waals surface area contributed by atoms with Gasteiger partial charge in [0.05, 0.1) is 35.7 Å². The van der Waals surface area contributed by atoms with Gasteiger partial charge in [0.1, 0.15) is 11.5 Å². The standard InChI is InChI=1S/C26H27N3O4S2/c1-2-32-22-11-9-21(10-12-22)27-26-29(18-23-6-5-17-33-23)25(19-34-26)20-7-13-24(14-8-20)35(30,31)28-15-3-4-16-28/h5-14,17,19H,2-4,15-16,18H2,1H3. The van der Waals surface area contributed by atoms with Crippen LogP contribution < -0.4 is 9.54 Å². The number of furan rings is 1. The van der Waals surface area contributed by atoms with E-state index >= 15 is 0 Å². The second kappa shape index (κ2) is 10.2. The molecule has 7 nitrogen and oxygen atoms in total. The lowest BCUT2D eigenvalue weighted by Gasteiger charge is -2.15. The summed E-state index contributed by atoms with van der Waals surface area (Å²) in [6.45, 7) is 4.27. The molecule has 2 aromatic heterocycles. The van der Waals surface area contributed by atoms with E-state index < -0.39 is 10.0 Å². The molecule has 0 N–H and O–H groups in total. The van der Waals surface area contributed by atoms with E-state index in [1.807, 2.05) is 60.8 Å². The molecule has 0 unspecified atom stereocenters. The molecule has 0 atom stereocenters. The van der Waals surface area contributed by atoms with E-state index in [0.717, 1.165) is 46.1 Å². The van der Waals surface area contributed by atoms with Crippen molar-refractivity contribution in [2.45, 2.75) is 31.2 Å². The Morgan fingerprint density at radius 2 is 1.77 bits per heavy atom. The molecule has 0 aliphatic carbocycles. The van der Waals surface area contributed by atoms with E-state index in [1.54, 1.807) is 22.7 Å². The third kappa shape index (κ3) is 5.12. The Balaban J connectivity index is 1.51. The van der Waals surface area contributed by atoms with Crippen LogP contribution in [0.25, 0.3) is 11.3 Å². The molecule has 9 heteroatoms. The number of ether oxygens (including phenoxy) is 1. The normalized spacial score (nSPS) is 15.1. The van der Waals surface area contributed by atoms with Gasteiger partial charge in [0.2, 0.25) is 10.0 Å².